The number of hydrogen-bond acceptors (Lipinski definition) is 4. The van der Waals surface area contributed by atoms with Crippen molar-refractivity contribution in [2.45, 2.75) is 13.3 Å². The van der Waals surface area contributed by atoms with E-state index in [0.29, 0.717) is 6.61 Å². The minimum atomic E-state index is -0.196. The number of hydrazone groups is 1. The number of aromatic hydroxyl groups is 1. The largest absolute Gasteiger partial charge is 0.506 e. The van der Waals surface area contributed by atoms with Gasteiger partial charge in [0.15, 0.2) is 0 Å². The first-order chi connectivity index (χ1) is 11.5. The zero-order valence-corrected chi connectivity index (χ0v) is 17.2. The molecule has 126 valence electrons. The van der Waals surface area contributed by atoms with Crippen molar-refractivity contribution in [3.05, 3.63) is 54.7 Å². The van der Waals surface area contributed by atoms with Gasteiger partial charge in [-0.25, -0.2) is 5.43 Å². The van der Waals surface area contributed by atoms with Gasteiger partial charge in [0.2, 0.25) is 5.91 Å². The highest BCUT2D eigenvalue weighted by Gasteiger charge is 2.05. The maximum atomic E-state index is 11.9. The standard InChI is InChI=1S/C17H16I2N2O3/c1-2-24-13-5-3-11(4-6-13)9-16(22)21-20-10-12-7-14(18)17(23)15(19)8-12/h3-8,10,23H,2,9H2,1H3,(H,21,22)/b20-10+. The molecule has 0 unspecified atom stereocenters. The van der Waals surface area contributed by atoms with Crippen molar-refractivity contribution < 1.29 is 14.6 Å². The first kappa shape index (κ1) is 19.0. The van der Waals surface area contributed by atoms with E-state index in [1.54, 1.807) is 18.3 Å². The van der Waals surface area contributed by atoms with Crippen molar-refractivity contribution in [1.29, 1.82) is 0 Å². The van der Waals surface area contributed by atoms with Gasteiger partial charge in [0.05, 0.1) is 26.4 Å². The van der Waals surface area contributed by atoms with Crippen LogP contribution >= 0.6 is 45.2 Å². The second-order valence-corrected chi connectivity index (χ2v) is 7.20. The summed E-state index contributed by atoms with van der Waals surface area (Å²) in [4.78, 5) is 11.9. The van der Waals surface area contributed by atoms with E-state index in [4.69, 9.17) is 4.74 Å². The van der Waals surface area contributed by atoms with Crippen molar-refractivity contribution in [3.63, 3.8) is 0 Å². The number of rotatable bonds is 6. The van der Waals surface area contributed by atoms with Gasteiger partial charge in [-0.3, -0.25) is 4.79 Å². The Morgan fingerprint density at radius 3 is 2.46 bits per heavy atom. The van der Waals surface area contributed by atoms with Crippen LogP contribution < -0.4 is 10.2 Å². The van der Waals surface area contributed by atoms with Gasteiger partial charge in [-0.15, -0.1) is 0 Å². The van der Waals surface area contributed by atoms with Crippen LogP contribution in [0, 0.1) is 7.14 Å². The lowest BCUT2D eigenvalue weighted by Gasteiger charge is -2.05. The Balaban J connectivity index is 1.90. The third-order valence-electron chi connectivity index (χ3n) is 3.04. The van der Waals surface area contributed by atoms with Gasteiger partial charge < -0.3 is 9.84 Å². The molecule has 0 heterocycles. The summed E-state index contributed by atoms with van der Waals surface area (Å²) in [5.41, 5.74) is 4.20. The molecule has 0 bridgehead atoms. The minimum Gasteiger partial charge on any atom is -0.506 e. The summed E-state index contributed by atoms with van der Waals surface area (Å²) in [5, 5.41) is 13.7. The number of hydrogen-bond donors (Lipinski definition) is 2. The second-order valence-electron chi connectivity index (χ2n) is 4.88. The fourth-order valence-corrected chi connectivity index (χ4v) is 3.75. The quantitative estimate of drug-likeness (QED) is 0.328. The summed E-state index contributed by atoms with van der Waals surface area (Å²) in [6, 6.07) is 11.0. The Hall–Kier alpha value is -1.36. The molecular weight excluding hydrogens is 534 g/mol. The van der Waals surface area contributed by atoms with Crippen LogP contribution in [0.2, 0.25) is 0 Å². The van der Waals surface area contributed by atoms with Gasteiger partial charge in [0.1, 0.15) is 11.5 Å². The van der Waals surface area contributed by atoms with Crippen molar-refractivity contribution in [2.75, 3.05) is 6.61 Å². The van der Waals surface area contributed by atoms with Crippen LogP contribution in [0.4, 0.5) is 0 Å². The predicted molar refractivity (Wildman–Crippen MR) is 111 cm³/mol. The van der Waals surface area contributed by atoms with Crippen LogP contribution in [0.3, 0.4) is 0 Å². The summed E-state index contributed by atoms with van der Waals surface area (Å²) in [6.07, 6.45) is 1.80. The Morgan fingerprint density at radius 1 is 1.25 bits per heavy atom. The van der Waals surface area contributed by atoms with Gasteiger partial charge in [-0.2, -0.15) is 5.10 Å². The fourth-order valence-electron chi connectivity index (χ4n) is 1.93. The molecule has 0 spiro atoms. The van der Waals surface area contributed by atoms with Crippen LogP contribution in [0.15, 0.2) is 41.5 Å². The molecule has 0 radical (unpaired) electrons. The molecule has 2 aromatic carbocycles. The molecule has 2 N–H and O–H groups in total. The number of nitrogens with zero attached hydrogens (tertiary/aromatic N) is 1. The van der Waals surface area contributed by atoms with E-state index < -0.39 is 0 Å². The number of benzene rings is 2. The number of nitrogens with one attached hydrogen (secondary N) is 1. The number of carbonyl (C=O) groups is 1. The molecule has 0 aliphatic heterocycles. The molecule has 0 saturated heterocycles. The zero-order valence-electron chi connectivity index (χ0n) is 12.9. The molecule has 0 saturated carbocycles. The average Bonchev–Trinajstić information content (AvgIpc) is 2.54. The van der Waals surface area contributed by atoms with Crippen LogP contribution in [-0.4, -0.2) is 23.8 Å². The summed E-state index contributed by atoms with van der Waals surface area (Å²) in [5.74, 6) is 0.850. The van der Waals surface area contributed by atoms with Crippen molar-refractivity contribution in [2.24, 2.45) is 5.10 Å². The third-order valence-corrected chi connectivity index (χ3v) is 4.69. The van der Waals surface area contributed by atoms with Gasteiger partial charge in [0, 0.05) is 0 Å². The van der Waals surface area contributed by atoms with Crippen molar-refractivity contribution in [3.8, 4) is 11.5 Å². The van der Waals surface area contributed by atoms with Gasteiger partial charge in [0.25, 0.3) is 0 Å². The summed E-state index contributed by atoms with van der Waals surface area (Å²) < 4.78 is 6.84. The molecule has 5 nitrogen and oxygen atoms in total. The highest BCUT2D eigenvalue weighted by Crippen LogP contribution is 2.26. The van der Waals surface area contributed by atoms with E-state index in [-0.39, 0.29) is 18.1 Å². The van der Waals surface area contributed by atoms with Crippen LogP contribution in [-0.2, 0) is 11.2 Å². The maximum Gasteiger partial charge on any atom is 0.244 e. The molecule has 7 heteroatoms. The molecule has 1 amide bonds. The SMILES string of the molecule is CCOc1ccc(CC(=O)N/N=C/c2cc(I)c(O)c(I)c2)cc1. The molecule has 0 aromatic heterocycles. The molecule has 0 atom stereocenters. The maximum absolute atomic E-state index is 11.9. The van der Waals surface area contributed by atoms with E-state index in [2.05, 4.69) is 55.7 Å². The lowest BCUT2D eigenvalue weighted by Crippen LogP contribution is -2.19. The third kappa shape index (κ3) is 5.62. The second kappa shape index (κ2) is 9.21. The van der Waals surface area contributed by atoms with Crippen molar-refractivity contribution >= 4 is 57.3 Å². The van der Waals surface area contributed by atoms with E-state index in [9.17, 15) is 9.90 Å². The first-order valence-electron chi connectivity index (χ1n) is 7.21. The van der Waals surface area contributed by atoms with Crippen LogP contribution in [0.1, 0.15) is 18.1 Å². The molecular formula is C17H16I2N2O3. The van der Waals surface area contributed by atoms with Crippen LogP contribution in [0.5, 0.6) is 11.5 Å². The van der Waals surface area contributed by atoms with Gasteiger partial charge in [-0.05, 0) is 87.5 Å². The number of phenolic OH excluding ortho intramolecular Hbond substituents is 1. The smallest absolute Gasteiger partial charge is 0.244 e. The highest BCUT2D eigenvalue weighted by molar-refractivity contribution is 14.1. The summed E-state index contributed by atoms with van der Waals surface area (Å²) in [6.45, 7) is 2.54. The Morgan fingerprint density at radius 2 is 1.88 bits per heavy atom. The topological polar surface area (TPSA) is 70.9 Å². The average molecular weight is 550 g/mol. The molecule has 2 aromatic rings. The Labute approximate surface area is 167 Å². The molecule has 2 rings (SSSR count). The Kier molecular flexibility index (Phi) is 7.28. The molecule has 0 fully saturated rings. The van der Waals surface area contributed by atoms with Gasteiger partial charge in [-0.1, -0.05) is 12.1 Å². The number of amides is 1. The zero-order chi connectivity index (χ0) is 17.5. The number of carbonyl (C=O) groups excluding carboxylic acids is 1. The number of halogens is 2. The van der Waals surface area contributed by atoms with E-state index >= 15 is 0 Å². The fraction of sp³-hybridized carbons (Fsp3) is 0.176. The predicted octanol–water partition coefficient (Wildman–Crippen LogP) is 3.69. The molecule has 24 heavy (non-hydrogen) atoms. The van der Waals surface area contributed by atoms with E-state index in [0.717, 1.165) is 24.0 Å². The minimum absolute atomic E-state index is 0.196. The van der Waals surface area contributed by atoms with E-state index in [1.165, 1.54) is 0 Å². The summed E-state index contributed by atoms with van der Waals surface area (Å²) in [7, 11) is 0. The Bertz CT molecular complexity index is 723. The lowest BCUT2D eigenvalue weighted by molar-refractivity contribution is -0.120. The lowest BCUT2D eigenvalue weighted by atomic mass is 10.1. The van der Waals surface area contributed by atoms with Crippen LogP contribution in [0.25, 0.3) is 0 Å². The van der Waals surface area contributed by atoms with E-state index in [1.807, 2.05) is 31.2 Å². The summed E-state index contributed by atoms with van der Waals surface area (Å²) >= 11 is 4.10. The molecule has 0 aliphatic rings. The van der Waals surface area contributed by atoms with Gasteiger partial charge >= 0.3 is 0 Å². The number of phenols is 1. The first-order valence-corrected chi connectivity index (χ1v) is 9.37. The molecule has 0 aliphatic carbocycles. The monoisotopic (exact) mass is 550 g/mol. The van der Waals surface area contributed by atoms with Crippen molar-refractivity contribution in [1.82, 2.24) is 5.43 Å². The normalized spacial score (nSPS) is 10.8. The number of ether oxygens (including phenoxy) is 1. The highest BCUT2D eigenvalue weighted by atomic mass is 127.